The normalized spacial score (nSPS) is 11.9. The molecule has 11 aromatic heterocycles. The number of hydrogen-bond donors (Lipinski definition) is 0. The van der Waals surface area contributed by atoms with Crippen molar-refractivity contribution in [3.63, 3.8) is 0 Å². The molecule has 11 heterocycles. The van der Waals surface area contributed by atoms with Crippen molar-refractivity contribution >= 4 is 213 Å². The fourth-order valence-corrected chi connectivity index (χ4v) is 25.5. The van der Waals surface area contributed by atoms with Crippen LogP contribution in [0.4, 0.5) is 0 Å². The quantitative estimate of drug-likeness (QED) is 0.127. The number of hydrogen-bond acceptors (Lipinski definition) is 11. The highest BCUT2D eigenvalue weighted by Gasteiger charge is 2.27. The topological polar surface area (TPSA) is 105 Å². The van der Waals surface area contributed by atoms with E-state index in [1.54, 1.807) is 0 Å². The average molecular weight is 1860 g/mol. The predicted octanol–water partition coefficient (Wildman–Crippen LogP) is 35.4. The van der Waals surface area contributed by atoms with Gasteiger partial charge in [-0.15, -0.1) is 45.3 Å². The number of fused-ring (bicyclic) bond motifs is 26. The fourth-order valence-electron chi connectivity index (χ4n) is 20.9. The van der Waals surface area contributed by atoms with Gasteiger partial charge in [-0.3, -0.25) is 9.13 Å². The Morgan fingerprint density at radius 3 is 1.18 bits per heavy atom. The maximum atomic E-state index is 6.59. The van der Waals surface area contributed by atoms with Gasteiger partial charge in [0.25, 0.3) is 0 Å². The molecule has 0 saturated heterocycles. The molecule has 0 radical (unpaired) electrons. The van der Waals surface area contributed by atoms with E-state index in [9.17, 15) is 0 Å². The number of thiophene rings is 4. The van der Waals surface area contributed by atoms with Gasteiger partial charge in [-0.1, -0.05) is 315 Å². The molecule has 14 heteroatoms. The Kier molecular flexibility index (Phi) is 19.2. The summed E-state index contributed by atoms with van der Waals surface area (Å²) >= 11 is 7.35. The number of furan rings is 1. The molecule has 30 aromatic rings. The van der Waals surface area contributed by atoms with E-state index in [4.69, 9.17) is 34.3 Å². The highest BCUT2D eigenvalue weighted by atomic mass is 32.1. The molecule has 0 unspecified atom stereocenters. The van der Waals surface area contributed by atoms with Crippen LogP contribution in [0.2, 0.25) is 0 Å². The molecule has 0 spiro atoms. The van der Waals surface area contributed by atoms with Crippen LogP contribution in [-0.2, 0) is 0 Å². The summed E-state index contributed by atoms with van der Waals surface area (Å²) in [5.74, 6) is 2.01. The third kappa shape index (κ3) is 13.5. The van der Waals surface area contributed by atoms with Crippen molar-refractivity contribution in [3.05, 3.63) is 455 Å². The molecule has 140 heavy (non-hydrogen) atoms. The van der Waals surface area contributed by atoms with Crippen LogP contribution in [0, 0.1) is 0 Å². The van der Waals surface area contributed by atoms with Gasteiger partial charge in [0.15, 0.2) is 5.82 Å². The van der Waals surface area contributed by atoms with E-state index in [1.807, 2.05) is 69.6 Å². The van der Waals surface area contributed by atoms with Crippen LogP contribution in [-0.4, -0.2) is 43.6 Å². The summed E-state index contributed by atoms with van der Waals surface area (Å²) in [7, 11) is 0. The van der Waals surface area contributed by atoms with Gasteiger partial charge in [0.1, 0.15) is 11.2 Å². The lowest BCUT2D eigenvalue weighted by molar-refractivity contribution is 0.673. The van der Waals surface area contributed by atoms with Crippen molar-refractivity contribution in [2.45, 2.75) is 0 Å². The Balaban J connectivity index is 0.000000103. The van der Waals surface area contributed by atoms with Crippen LogP contribution in [0.15, 0.2) is 459 Å². The third-order valence-corrected chi connectivity index (χ3v) is 31.9. The molecule has 0 saturated carbocycles. The Hall–Kier alpha value is -17.5. The smallest absolute Gasteiger partial charge is 0.235 e. The van der Waals surface area contributed by atoms with Crippen LogP contribution in [0.1, 0.15) is 0 Å². The number of aromatic nitrogens is 9. The maximum Gasteiger partial charge on any atom is 0.235 e. The number of nitrogens with zero attached hydrogens (tertiary/aromatic N) is 9. The first kappa shape index (κ1) is 80.9. The van der Waals surface area contributed by atoms with Crippen LogP contribution in [0.5, 0.6) is 0 Å². The zero-order valence-electron chi connectivity index (χ0n) is 74.9. The second kappa shape index (κ2) is 33.2. The highest BCUT2D eigenvalue weighted by molar-refractivity contribution is 7.27. The summed E-state index contributed by atoms with van der Waals surface area (Å²) in [4.78, 5) is 31.9. The van der Waals surface area contributed by atoms with E-state index in [0.29, 0.717) is 11.9 Å². The number of benzene rings is 19. The minimum absolute atomic E-state index is 0.616. The van der Waals surface area contributed by atoms with Gasteiger partial charge >= 0.3 is 0 Å². The molecule has 0 aliphatic rings. The van der Waals surface area contributed by atoms with E-state index >= 15 is 0 Å². The standard InChI is InChI=1S/C46H27N3OS.C40H23N3S2.C40H25N3S/c1-2-12-28(13-3-1)29-14-10-15-30(26-29)36-27-37(33-19-11-23-42-43(33)35-18-6-9-22-41(35)51-42)48-46(47-36)49-38-20-7-4-17-34(38)44-39(49)25-24-32-31-16-5-8-21-40(31)50-45(32)44;1-2-10-24(11-3-1)31-23-32(25-18-21-37-30(22-25)27-13-6-8-16-35(27)44-37)42-40(41-31)43-33-15-7-4-14-29(33)38-34(43)20-19-28-26-12-5-9-17-36(26)45-39(28)38;1-3-12-26(13-4-1)33-25-34(27-22-23-38-32(24-27)29-16-8-10-21-37(29)44-38)42-40(41-33)31-18-11-20-36-39(31)30-17-7-9-19-35(30)43(36)28-14-5-2-6-15-28/h1-27H;1-23H;1-25H. The lowest BCUT2D eigenvalue weighted by Crippen LogP contribution is -2.04. The van der Waals surface area contributed by atoms with Gasteiger partial charge in [-0.05, 0) is 151 Å². The van der Waals surface area contributed by atoms with Crippen LogP contribution >= 0.6 is 45.3 Å². The summed E-state index contributed by atoms with van der Waals surface area (Å²) < 4.78 is 23.7. The second-order valence-corrected chi connectivity index (χ2v) is 39.7. The second-order valence-electron chi connectivity index (χ2n) is 35.4. The summed E-state index contributed by atoms with van der Waals surface area (Å²) in [5.41, 5.74) is 24.6. The summed E-state index contributed by atoms with van der Waals surface area (Å²) in [6.45, 7) is 0. The monoisotopic (exact) mass is 1860 g/mol. The number of rotatable bonds is 11. The molecule has 0 fully saturated rings. The lowest BCUT2D eigenvalue weighted by atomic mass is 9.99. The molecule has 0 atom stereocenters. The molecule has 10 nitrogen and oxygen atoms in total. The van der Waals surface area contributed by atoms with E-state index in [-0.39, 0.29) is 0 Å². The molecule has 654 valence electrons. The van der Waals surface area contributed by atoms with Crippen molar-refractivity contribution in [1.82, 2.24) is 43.6 Å². The van der Waals surface area contributed by atoms with Gasteiger partial charge in [0.2, 0.25) is 11.9 Å². The predicted molar refractivity (Wildman–Crippen MR) is 591 cm³/mol. The fraction of sp³-hybridized carbons (Fsp3) is 0. The molecule has 0 N–H and O–H groups in total. The minimum atomic E-state index is 0.616. The van der Waals surface area contributed by atoms with E-state index in [0.717, 1.165) is 161 Å². The largest absolute Gasteiger partial charge is 0.455 e. The van der Waals surface area contributed by atoms with Gasteiger partial charge < -0.3 is 8.98 Å². The zero-order valence-corrected chi connectivity index (χ0v) is 78.1. The molecule has 0 amide bonds. The van der Waals surface area contributed by atoms with Gasteiger partial charge in [-0.25, -0.2) is 29.9 Å². The molecule has 0 bridgehead atoms. The molecule has 0 aliphatic carbocycles. The highest BCUT2D eigenvalue weighted by Crippen LogP contribution is 2.49. The lowest BCUT2D eigenvalue weighted by Gasteiger charge is -2.13. The molecule has 30 rings (SSSR count). The minimum Gasteiger partial charge on any atom is -0.455 e. The SMILES string of the molecule is c1ccc(-c2cc(-c3ccc4sc5ccccc5c4c3)nc(-c3cccc4c3c3ccccc3n4-c3ccccc3)n2)cc1.c1ccc(-c2cc(-c3ccc4sc5ccccc5c4c3)nc(-n3c4ccccc4c4c5sc6ccccc6c5ccc43)n2)cc1.c1ccc(-c2cccc(-c3cc(-c4cccc5sc6ccccc6c45)nc(-n4c5ccccc5c5c6oc7ccccc7c6ccc54)n3)c2)cc1. The van der Waals surface area contributed by atoms with Crippen LogP contribution in [0.25, 0.3) is 276 Å². The van der Waals surface area contributed by atoms with Crippen molar-refractivity contribution < 1.29 is 4.42 Å². The Morgan fingerprint density at radius 2 is 0.564 bits per heavy atom. The first-order valence-electron chi connectivity index (χ1n) is 46.8. The number of para-hydroxylation sites is 5. The first-order valence-corrected chi connectivity index (χ1v) is 50.1. The molecular weight excluding hydrogens is 1780 g/mol. The Morgan fingerprint density at radius 1 is 0.186 bits per heavy atom. The molecule has 19 aromatic carbocycles. The average Bonchev–Trinajstić information content (AvgIpc) is 1.55. The molecular formula is C126H75N9OS4. The summed E-state index contributed by atoms with van der Waals surface area (Å²) in [5, 5.41) is 19.3. The van der Waals surface area contributed by atoms with Crippen LogP contribution in [0.3, 0.4) is 0 Å². The maximum absolute atomic E-state index is 6.59. The van der Waals surface area contributed by atoms with Crippen molar-refractivity contribution in [3.8, 4) is 108 Å². The van der Waals surface area contributed by atoms with Gasteiger partial charge in [0, 0.05) is 163 Å². The first-order chi connectivity index (χ1) is 69.4. The third-order valence-electron chi connectivity index (χ3n) is 27.3. The van der Waals surface area contributed by atoms with Gasteiger partial charge in [-0.2, -0.15) is 0 Å². The Labute approximate surface area is 817 Å². The molecule has 0 aliphatic heterocycles. The summed E-state index contributed by atoms with van der Waals surface area (Å²) in [6.07, 6.45) is 0. The van der Waals surface area contributed by atoms with Gasteiger partial charge in [0.05, 0.1) is 72.6 Å². The summed E-state index contributed by atoms with van der Waals surface area (Å²) in [6, 6.07) is 161. The van der Waals surface area contributed by atoms with Crippen molar-refractivity contribution in [2.75, 3.05) is 0 Å². The zero-order chi connectivity index (χ0) is 92.0. The van der Waals surface area contributed by atoms with Crippen molar-refractivity contribution in [1.29, 1.82) is 0 Å². The van der Waals surface area contributed by atoms with E-state index in [2.05, 4.69) is 444 Å². The van der Waals surface area contributed by atoms with Crippen molar-refractivity contribution in [2.24, 2.45) is 0 Å². The Bertz CT molecular complexity index is 10300. The van der Waals surface area contributed by atoms with Crippen LogP contribution < -0.4 is 0 Å². The van der Waals surface area contributed by atoms with E-state index < -0.39 is 0 Å². The van der Waals surface area contributed by atoms with E-state index in [1.165, 1.54) is 102 Å².